The van der Waals surface area contributed by atoms with E-state index in [2.05, 4.69) is 26.3 Å². The van der Waals surface area contributed by atoms with Crippen molar-refractivity contribution in [2.24, 2.45) is 7.05 Å². The van der Waals surface area contributed by atoms with Gasteiger partial charge in [-0.2, -0.15) is 5.10 Å². The average molecular weight is 308 g/mol. The summed E-state index contributed by atoms with van der Waals surface area (Å²) in [4.78, 5) is 23.0. The summed E-state index contributed by atoms with van der Waals surface area (Å²) in [6.07, 6.45) is 0. The van der Waals surface area contributed by atoms with Gasteiger partial charge in [-0.15, -0.1) is 0 Å². The molecule has 1 aromatic carbocycles. The fraction of sp³-hybridized carbons (Fsp3) is 0.0833. The molecule has 2 aromatic rings. The summed E-state index contributed by atoms with van der Waals surface area (Å²) in [7, 11) is 1.50. The number of aromatic nitrogens is 2. The van der Waals surface area contributed by atoms with Gasteiger partial charge in [0.15, 0.2) is 0 Å². The summed E-state index contributed by atoms with van der Waals surface area (Å²) in [5.74, 6) is -0.358. The highest BCUT2D eigenvalue weighted by Gasteiger charge is 2.08. The minimum absolute atomic E-state index is 0.192. The van der Waals surface area contributed by atoms with Gasteiger partial charge >= 0.3 is 0 Å². The Morgan fingerprint density at radius 1 is 1.33 bits per heavy atom. The maximum Gasteiger partial charge on any atom is 0.276 e. The second-order valence-corrected chi connectivity index (χ2v) is 4.56. The molecule has 1 heterocycles. The monoisotopic (exact) mass is 307 g/mol. The minimum Gasteiger partial charge on any atom is -0.321 e. The van der Waals surface area contributed by atoms with E-state index < -0.39 is 0 Å². The minimum atomic E-state index is -0.358. The number of nitrogens with one attached hydrogen (secondary N) is 1. The van der Waals surface area contributed by atoms with E-state index in [0.29, 0.717) is 5.69 Å². The summed E-state index contributed by atoms with van der Waals surface area (Å²) in [6, 6.07) is 9.93. The predicted molar refractivity (Wildman–Crippen MR) is 71.6 cm³/mol. The first-order chi connectivity index (χ1) is 8.56. The van der Waals surface area contributed by atoms with Gasteiger partial charge in [-0.3, -0.25) is 9.59 Å². The van der Waals surface area contributed by atoms with Gasteiger partial charge in [-0.1, -0.05) is 22.0 Å². The molecule has 0 radical (unpaired) electrons. The summed E-state index contributed by atoms with van der Waals surface area (Å²) in [5.41, 5.74) is 0.594. The third-order valence-electron chi connectivity index (χ3n) is 2.28. The van der Waals surface area contributed by atoms with Gasteiger partial charge in [0.05, 0.1) is 0 Å². The number of carbonyl (C=O) groups is 1. The first-order valence-electron chi connectivity index (χ1n) is 5.17. The van der Waals surface area contributed by atoms with Crippen molar-refractivity contribution in [2.45, 2.75) is 0 Å². The lowest BCUT2D eigenvalue weighted by molar-refractivity contribution is 0.102. The number of carbonyl (C=O) groups excluding carboxylic acids is 1. The van der Waals surface area contributed by atoms with Crippen LogP contribution in [-0.2, 0) is 7.05 Å². The second kappa shape index (κ2) is 5.14. The molecule has 0 aliphatic heterocycles. The van der Waals surface area contributed by atoms with Crippen LogP contribution in [0.3, 0.4) is 0 Å². The normalized spacial score (nSPS) is 10.1. The zero-order valence-electron chi connectivity index (χ0n) is 9.55. The van der Waals surface area contributed by atoms with Crippen LogP contribution < -0.4 is 10.9 Å². The Kier molecular flexibility index (Phi) is 3.57. The molecule has 1 amide bonds. The maximum absolute atomic E-state index is 11.9. The lowest BCUT2D eigenvalue weighted by Gasteiger charge is -2.05. The molecule has 0 atom stereocenters. The fourth-order valence-electron chi connectivity index (χ4n) is 1.38. The molecule has 0 saturated heterocycles. The molecule has 1 aromatic heterocycles. The lowest BCUT2D eigenvalue weighted by atomic mass is 10.3. The van der Waals surface area contributed by atoms with Crippen molar-refractivity contribution < 1.29 is 4.79 Å². The summed E-state index contributed by atoms with van der Waals surface area (Å²) >= 11 is 3.32. The zero-order valence-corrected chi connectivity index (χ0v) is 11.1. The van der Waals surface area contributed by atoms with Crippen LogP contribution in [0.5, 0.6) is 0 Å². The Bertz CT molecular complexity index is 652. The molecule has 0 saturated carbocycles. The number of anilines is 1. The van der Waals surface area contributed by atoms with Crippen molar-refractivity contribution in [3.8, 4) is 0 Å². The van der Waals surface area contributed by atoms with Crippen LogP contribution in [0.25, 0.3) is 0 Å². The number of hydrogen-bond acceptors (Lipinski definition) is 3. The van der Waals surface area contributed by atoms with Gasteiger partial charge in [0.25, 0.3) is 11.5 Å². The Hall–Kier alpha value is -1.95. The molecule has 0 spiro atoms. The Labute approximate surface area is 112 Å². The highest BCUT2D eigenvalue weighted by atomic mass is 79.9. The molecule has 92 valence electrons. The zero-order chi connectivity index (χ0) is 13.1. The fourth-order valence-corrected chi connectivity index (χ4v) is 1.78. The van der Waals surface area contributed by atoms with E-state index in [9.17, 15) is 9.59 Å². The van der Waals surface area contributed by atoms with E-state index in [1.54, 1.807) is 12.1 Å². The van der Waals surface area contributed by atoms with Crippen molar-refractivity contribution in [1.29, 1.82) is 0 Å². The molecular formula is C12H10BrN3O2. The third-order valence-corrected chi connectivity index (χ3v) is 2.77. The summed E-state index contributed by atoms with van der Waals surface area (Å²) in [5, 5.41) is 6.57. The van der Waals surface area contributed by atoms with Gasteiger partial charge in [0.1, 0.15) is 5.69 Å². The predicted octanol–water partition coefficient (Wildman–Crippen LogP) is 1.80. The third kappa shape index (κ3) is 2.84. The molecular weight excluding hydrogens is 298 g/mol. The van der Waals surface area contributed by atoms with Gasteiger partial charge in [0, 0.05) is 23.3 Å². The molecule has 0 bridgehead atoms. The molecule has 5 nitrogen and oxygen atoms in total. The number of amides is 1. The molecule has 18 heavy (non-hydrogen) atoms. The highest BCUT2D eigenvalue weighted by molar-refractivity contribution is 9.10. The van der Waals surface area contributed by atoms with Crippen molar-refractivity contribution in [3.05, 3.63) is 56.9 Å². The van der Waals surface area contributed by atoms with Crippen LogP contribution in [0.1, 0.15) is 10.5 Å². The Balaban J connectivity index is 2.22. The van der Waals surface area contributed by atoms with Gasteiger partial charge in [-0.25, -0.2) is 4.68 Å². The van der Waals surface area contributed by atoms with Gasteiger partial charge in [0.2, 0.25) is 0 Å². The van der Waals surface area contributed by atoms with Crippen molar-refractivity contribution in [1.82, 2.24) is 9.78 Å². The summed E-state index contributed by atoms with van der Waals surface area (Å²) in [6.45, 7) is 0. The first kappa shape index (κ1) is 12.5. The van der Waals surface area contributed by atoms with Crippen molar-refractivity contribution in [2.75, 3.05) is 5.32 Å². The Morgan fingerprint density at radius 2 is 2.11 bits per heavy atom. The first-order valence-corrected chi connectivity index (χ1v) is 5.97. The SMILES string of the molecule is Cn1nc(C(=O)Nc2cccc(Br)c2)ccc1=O. The van der Waals surface area contributed by atoms with Crippen LogP contribution in [0.15, 0.2) is 45.7 Å². The molecule has 0 aliphatic carbocycles. The number of halogens is 1. The number of aryl methyl sites for hydroxylation is 1. The topological polar surface area (TPSA) is 64.0 Å². The van der Waals surface area contributed by atoms with E-state index in [4.69, 9.17) is 0 Å². The molecule has 0 aliphatic rings. The molecule has 1 N–H and O–H groups in total. The van der Waals surface area contributed by atoms with Gasteiger partial charge < -0.3 is 5.32 Å². The van der Waals surface area contributed by atoms with Crippen LogP contribution in [0, 0.1) is 0 Å². The molecule has 2 rings (SSSR count). The van der Waals surface area contributed by atoms with Crippen molar-refractivity contribution in [3.63, 3.8) is 0 Å². The lowest BCUT2D eigenvalue weighted by Crippen LogP contribution is -2.23. The number of benzene rings is 1. The highest BCUT2D eigenvalue weighted by Crippen LogP contribution is 2.15. The van der Waals surface area contributed by atoms with Gasteiger partial charge in [-0.05, 0) is 24.3 Å². The molecule has 6 heteroatoms. The van der Waals surface area contributed by atoms with Crippen LogP contribution in [-0.4, -0.2) is 15.7 Å². The molecule has 0 fully saturated rings. The van der Waals surface area contributed by atoms with E-state index in [-0.39, 0.29) is 17.2 Å². The Morgan fingerprint density at radius 3 is 2.78 bits per heavy atom. The average Bonchev–Trinajstić information content (AvgIpc) is 2.32. The van der Waals surface area contributed by atoms with E-state index in [0.717, 1.165) is 9.15 Å². The van der Waals surface area contributed by atoms with E-state index in [1.807, 2.05) is 12.1 Å². The number of rotatable bonds is 2. The quantitative estimate of drug-likeness (QED) is 0.920. The van der Waals surface area contributed by atoms with E-state index >= 15 is 0 Å². The van der Waals surface area contributed by atoms with Crippen LogP contribution in [0.2, 0.25) is 0 Å². The maximum atomic E-state index is 11.9. The second-order valence-electron chi connectivity index (χ2n) is 3.64. The van der Waals surface area contributed by atoms with Crippen molar-refractivity contribution >= 4 is 27.5 Å². The summed E-state index contributed by atoms with van der Waals surface area (Å²) < 4.78 is 1.99. The van der Waals surface area contributed by atoms with Crippen LogP contribution in [0.4, 0.5) is 5.69 Å². The standard InChI is InChI=1S/C12H10BrN3O2/c1-16-11(17)6-5-10(15-16)12(18)14-9-4-2-3-8(13)7-9/h2-7H,1H3,(H,14,18). The number of nitrogens with zero attached hydrogens (tertiary/aromatic N) is 2. The number of hydrogen-bond donors (Lipinski definition) is 1. The van der Waals surface area contributed by atoms with E-state index in [1.165, 1.54) is 19.2 Å². The largest absolute Gasteiger partial charge is 0.321 e. The van der Waals surface area contributed by atoms with Crippen LogP contribution >= 0.6 is 15.9 Å². The smallest absolute Gasteiger partial charge is 0.276 e. The molecule has 0 unspecified atom stereocenters.